The highest BCUT2D eigenvalue weighted by molar-refractivity contribution is 7.00. The van der Waals surface area contributed by atoms with Gasteiger partial charge in [-0.1, -0.05) is 6.07 Å². The van der Waals surface area contributed by atoms with Gasteiger partial charge >= 0.3 is 5.97 Å². The number of benzene rings is 4. The van der Waals surface area contributed by atoms with Gasteiger partial charge in [-0.3, -0.25) is 4.79 Å². The van der Waals surface area contributed by atoms with Gasteiger partial charge in [0, 0.05) is 23.1 Å². The zero-order valence-electron chi connectivity index (χ0n) is 36.6. The van der Waals surface area contributed by atoms with Crippen LogP contribution in [-0.4, -0.2) is 79.0 Å². The molecule has 15 heteroatoms. The molecule has 1 atom stereocenters. The Morgan fingerprint density at radius 2 is 1.16 bits per heavy atom. The van der Waals surface area contributed by atoms with E-state index < -0.39 is 11.8 Å². The zero-order chi connectivity index (χ0) is 44.6. The third kappa shape index (κ3) is 10.6. The number of methoxy groups -OCH3 is 4. The molecular formula is C46H54N2O12S. The van der Waals surface area contributed by atoms with Crippen LogP contribution in [0.1, 0.15) is 82.4 Å². The van der Waals surface area contributed by atoms with E-state index in [1.807, 2.05) is 61.5 Å². The second-order valence-corrected chi connectivity index (χ2v) is 15.6. The predicted molar refractivity (Wildman–Crippen MR) is 232 cm³/mol. The monoisotopic (exact) mass is 858 g/mol. The lowest BCUT2D eigenvalue weighted by Gasteiger charge is -2.27. The minimum Gasteiger partial charge on any atom is -0.493 e. The molecule has 1 aliphatic heterocycles. The fourth-order valence-electron chi connectivity index (χ4n) is 6.55. The number of nitrogens with zero attached hydrogens (tertiary/aromatic N) is 2. The predicted octanol–water partition coefficient (Wildman–Crippen LogP) is 8.77. The van der Waals surface area contributed by atoms with Gasteiger partial charge in [-0.25, -0.2) is 4.79 Å². The average molecular weight is 859 g/mol. The molecule has 0 saturated carbocycles. The van der Waals surface area contributed by atoms with Crippen LogP contribution in [0.15, 0.2) is 66.2 Å². The Bertz CT molecular complexity index is 2370. The topological polar surface area (TPSA) is 163 Å². The smallest absolute Gasteiger partial charge is 0.342 e. The Labute approximate surface area is 360 Å². The largest absolute Gasteiger partial charge is 0.493 e. The highest BCUT2D eigenvalue weighted by atomic mass is 32.1. The van der Waals surface area contributed by atoms with E-state index in [1.54, 1.807) is 61.7 Å². The van der Waals surface area contributed by atoms with Crippen molar-refractivity contribution in [3.8, 4) is 46.0 Å². The van der Waals surface area contributed by atoms with Crippen LogP contribution in [0.25, 0.3) is 16.6 Å². The van der Waals surface area contributed by atoms with Gasteiger partial charge in [0.15, 0.2) is 34.5 Å². The molecule has 326 valence electrons. The summed E-state index contributed by atoms with van der Waals surface area (Å²) in [6.07, 6.45) is 0.569. The molecule has 0 radical (unpaired) electrons. The van der Waals surface area contributed by atoms with Crippen molar-refractivity contribution in [2.75, 3.05) is 28.4 Å². The number of carbonyl (C=O) groups excluding carboxylic acids is 2. The maximum absolute atomic E-state index is 13.6. The number of hydrogen-bond donors (Lipinski definition) is 1. The summed E-state index contributed by atoms with van der Waals surface area (Å²) in [6.45, 7) is 15.4. The summed E-state index contributed by atoms with van der Waals surface area (Å²) in [6, 6.07) is 17.1. The molecule has 14 nitrogen and oxygen atoms in total. The molecule has 1 aromatic heterocycles. The number of rotatable bonds is 17. The molecule has 1 N–H and O–H groups in total. The zero-order valence-corrected chi connectivity index (χ0v) is 37.4. The molecule has 1 unspecified atom stereocenters. The molecular weight excluding hydrogens is 805 g/mol. The Balaban J connectivity index is 0.000000328. The maximum Gasteiger partial charge on any atom is 0.342 e. The lowest BCUT2D eigenvalue weighted by atomic mass is 9.87. The Kier molecular flexibility index (Phi) is 15.1. The van der Waals surface area contributed by atoms with Crippen LogP contribution in [0.4, 0.5) is 0 Å². The van der Waals surface area contributed by atoms with Crippen molar-refractivity contribution < 1.29 is 57.3 Å². The van der Waals surface area contributed by atoms with Gasteiger partial charge in [0.2, 0.25) is 11.5 Å². The lowest BCUT2D eigenvalue weighted by molar-refractivity contribution is -0.185. The van der Waals surface area contributed by atoms with E-state index in [0.717, 1.165) is 18.0 Å². The third-order valence-electron chi connectivity index (χ3n) is 8.99. The standard InChI is InChI=1S/C32H34N2O8S.C14H20O4/c1-17(2)40-28-14-19(13-27(39-7)30(28)41-18(3)4)12-22-29(20-8-10-23-24(15-20)34-43-33-23)31(35)42-32(22,36)21-9-11-25(37-5)26(16-21)38-6;1-9(2)17-13-7-11(8-15)6-12(16-5)14(13)18-10(3)4/h8-11,13-18,36H,12H2,1-7H3;6-10H,1-5H3. The summed E-state index contributed by atoms with van der Waals surface area (Å²) in [4.78, 5) is 24.5. The molecule has 0 bridgehead atoms. The molecule has 0 saturated heterocycles. The first-order chi connectivity index (χ1) is 29.0. The molecule has 1 aliphatic rings. The fourth-order valence-corrected chi connectivity index (χ4v) is 7.07. The Hall–Kier alpha value is -6.06. The molecule has 0 aliphatic carbocycles. The van der Waals surface area contributed by atoms with Gasteiger partial charge < -0.3 is 47.7 Å². The van der Waals surface area contributed by atoms with Crippen LogP contribution in [0, 0.1) is 0 Å². The van der Waals surface area contributed by atoms with Crippen molar-refractivity contribution in [3.63, 3.8) is 0 Å². The van der Waals surface area contributed by atoms with Crippen molar-refractivity contribution in [2.24, 2.45) is 0 Å². The van der Waals surface area contributed by atoms with Gasteiger partial charge in [0.1, 0.15) is 17.3 Å². The number of esters is 1. The third-order valence-corrected chi connectivity index (χ3v) is 9.54. The number of aromatic nitrogens is 2. The van der Waals surface area contributed by atoms with Gasteiger partial charge in [0.25, 0.3) is 5.79 Å². The van der Waals surface area contributed by atoms with Crippen molar-refractivity contribution in [1.82, 2.24) is 8.75 Å². The van der Waals surface area contributed by atoms with E-state index in [0.29, 0.717) is 84.9 Å². The van der Waals surface area contributed by atoms with Gasteiger partial charge in [-0.05, 0) is 121 Å². The normalized spacial score (nSPS) is 14.9. The number of ether oxygens (including phenoxy) is 9. The molecule has 0 spiro atoms. The van der Waals surface area contributed by atoms with E-state index in [9.17, 15) is 14.7 Å². The number of fused-ring (bicyclic) bond motifs is 1. The second kappa shape index (κ2) is 20.0. The summed E-state index contributed by atoms with van der Waals surface area (Å²) in [5.74, 6) is 1.01. The quantitative estimate of drug-likeness (QED) is 0.0697. The Morgan fingerprint density at radius 1 is 0.639 bits per heavy atom. The first-order valence-electron chi connectivity index (χ1n) is 19.7. The lowest BCUT2D eigenvalue weighted by Crippen LogP contribution is -2.30. The molecule has 4 aromatic carbocycles. The molecule has 2 heterocycles. The van der Waals surface area contributed by atoms with Crippen LogP contribution in [0.3, 0.4) is 0 Å². The SMILES string of the molecule is COc1cc(C=O)cc(OC(C)C)c1OC(C)C.COc1ccc(C2(O)OC(=O)C(c3ccc4nsnc4c3)=C2Cc2cc(OC)c(OC(C)C)c(OC(C)C)c2)cc1OC. The number of aldehydes is 1. The van der Waals surface area contributed by atoms with E-state index in [-0.39, 0.29) is 36.4 Å². The fraction of sp³-hybridized carbons (Fsp3) is 0.391. The number of aliphatic hydroxyl groups is 1. The molecule has 61 heavy (non-hydrogen) atoms. The molecule has 0 fully saturated rings. The van der Waals surface area contributed by atoms with Crippen LogP contribution < -0.4 is 37.9 Å². The highest BCUT2D eigenvalue weighted by Crippen LogP contribution is 2.48. The summed E-state index contributed by atoms with van der Waals surface area (Å²) >= 11 is 1.08. The van der Waals surface area contributed by atoms with E-state index in [2.05, 4.69) is 8.75 Å². The Morgan fingerprint density at radius 3 is 1.72 bits per heavy atom. The molecule has 5 aromatic rings. The second-order valence-electron chi connectivity index (χ2n) is 15.1. The maximum atomic E-state index is 13.6. The van der Waals surface area contributed by atoms with Crippen LogP contribution >= 0.6 is 11.7 Å². The van der Waals surface area contributed by atoms with E-state index in [4.69, 9.17) is 42.6 Å². The summed E-state index contributed by atoms with van der Waals surface area (Å²) in [5, 5.41) is 12.2. The first-order valence-corrected chi connectivity index (χ1v) is 20.5. The van der Waals surface area contributed by atoms with Crippen LogP contribution in [0.5, 0.6) is 46.0 Å². The minimum atomic E-state index is -2.12. The van der Waals surface area contributed by atoms with E-state index in [1.165, 1.54) is 21.3 Å². The van der Waals surface area contributed by atoms with E-state index >= 15 is 0 Å². The van der Waals surface area contributed by atoms with Crippen molar-refractivity contribution in [2.45, 2.75) is 92.0 Å². The van der Waals surface area contributed by atoms with Crippen molar-refractivity contribution in [1.29, 1.82) is 0 Å². The van der Waals surface area contributed by atoms with Crippen LogP contribution in [-0.2, 0) is 21.7 Å². The number of cyclic esters (lactones) is 1. The highest BCUT2D eigenvalue weighted by Gasteiger charge is 2.48. The molecule has 6 rings (SSSR count). The summed E-state index contributed by atoms with van der Waals surface area (Å²) in [7, 11) is 6.10. The minimum absolute atomic E-state index is 0.00417. The number of hydrogen-bond acceptors (Lipinski definition) is 15. The van der Waals surface area contributed by atoms with Crippen molar-refractivity contribution >= 4 is 40.6 Å². The number of carbonyl (C=O) groups is 2. The van der Waals surface area contributed by atoms with Crippen LogP contribution in [0.2, 0.25) is 0 Å². The van der Waals surface area contributed by atoms with Gasteiger partial charge in [-0.15, -0.1) is 0 Å². The summed E-state index contributed by atoms with van der Waals surface area (Å²) < 4.78 is 59.8. The van der Waals surface area contributed by atoms with Gasteiger partial charge in [-0.2, -0.15) is 8.75 Å². The van der Waals surface area contributed by atoms with Gasteiger partial charge in [0.05, 0.1) is 70.2 Å². The molecule has 0 amide bonds. The summed E-state index contributed by atoms with van der Waals surface area (Å²) in [5.41, 5.74) is 3.92. The first kappa shape index (κ1) is 46.0. The van der Waals surface area contributed by atoms with Crippen molar-refractivity contribution in [3.05, 3.63) is 88.5 Å². The average Bonchev–Trinajstić information content (AvgIpc) is 3.79.